The van der Waals surface area contributed by atoms with E-state index >= 15 is 0 Å². The summed E-state index contributed by atoms with van der Waals surface area (Å²) in [5.41, 5.74) is 6.32. The van der Waals surface area contributed by atoms with E-state index in [0.717, 1.165) is 121 Å². The third-order valence-electron chi connectivity index (χ3n) is 23.9. The zero-order valence-electron chi connectivity index (χ0n) is 74.9. The number of hydrogen-bond acceptors (Lipinski definition) is 7. The highest BCUT2D eigenvalue weighted by atomic mass is 16.5. The minimum absolute atomic E-state index is 0.747. The SMILES string of the molecule is CCCCCCCCCCCCCCCCCCOc1ccc(N(c2ccc(OCCCCCCCCCCCCCCCCCC)cc2)c2ccc(Oc3ccc(N(c4ccc(OCCCCCCCCCCCCCCCCCC)cc4)c4ccc(OCCCCCCCCCCCCCCCCCC)cc4)cc3)cc2)cc1. The highest BCUT2D eigenvalue weighted by Gasteiger charge is 2.17. The summed E-state index contributed by atoms with van der Waals surface area (Å²) in [6.07, 6.45) is 87.4. The van der Waals surface area contributed by atoms with Gasteiger partial charge in [0.15, 0.2) is 0 Å². The van der Waals surface area contributed by atoms with E-state index in [1.54, 1.807) is 0 Å². The fourth-order valence-corrected chi connectivity index (χ4v) is 16.5. The van der Waals surface area contributed by atoms with Crippen molar-refractivity contribution in [3.63, 3.8) is 0 Å². The predicted molar refractivity (Wildman–Crippen MR) is 502 cm³/mol. The zero-order chi connectivity index (χ0) is 80.7. The van der Waals surface area contributed by atoms with Crippen LogP contribution in [0.15, 0.2) is 146 Å². The maximum atomic E-state index is 6.67. The molecule has 0 unspecified atom stereocenters. The zero-order valence-corrected chi connectivity index (χ0v) is 74.9. The van der Waals surface area contributed by atoms with Gasteiger partial charge in [-0.3, -0.25) is 0 Å². The van der Waals surface area contributed by atoms with Gasteiger partial charge in [-0.25, -0.2) is 0 Å². The first-order valence-electron chi connectivity index (χ1n) is 49.5. The van der Waals surface area contributed by atoms with Crippen LogP contribution in [0.3, 0.4) is 0 Å². The molecule has 0 saturated heterocycles. The van der Waals surface area contributed by atoms with Crippen molar-refractivity contribution in [2.45, 2.75) is 439 Å². The maximum Gasteiger partial charge on any atom is 0.127 e. The highest BCUT2D eigenvalue weighted by molar-refractivity contribution is 5.79. The second kappa shape index (κ2) is 69.8. The van der Waals surface area contributed by atoms with Gasteiger partial charge in [-0.1, -0.05) is 413 Å². The number of nitrogens with zero attached hydrogens (tertiary/aromatic N) is 2. The van der Waals surface area contributed by atoms with Gasteiger partial charge in [-0.15, -0.1) is 0 Å². The van der Waals surface area contributed by atoms with Crippen molar-refractivity contribution in [2.24, 2.45) is 0 Å². The largest absolute Gasteiger partial charge is 0.494 e. The predicted octanol–water partition coefficient (Wildman–Crippen LogP) is 37.0. The van der Waals surface area contributed by atoms with Crippen molar-refractivity contribution in [1.82, 2.24) is 0 Å². The van der Waals surface area contributed by atoms with Gasteiger partial charge in [-0.2, -0.15) is 0 Å². The van der Waals surface area contributed by atoms with Crippen molar-refractivity contribution in [2.75, 3.05) is 36.2 Å². The number of unbranched alkanes of at least 4 members (excludes halogenated alkanes) is 60. The van der Waals surface area contributed by atoms with Crippen molar-refractivity contribution in [3.8, 4) is 34.5 Å². The molecule has 6 aromatic carbocycles. The Balaban J connectivity index is 1.02. The van der Waals surface area contributed by atoms with E-state index in [2.05, 4.69) is 183 Å². The summed E-state index contributed by atoms with van der Waals surface area (Å²) in [5.74, 6) is 5.20. The molecule has 0 N–H and O–H groups in total. The van der Waals surface area contributed by atoms with Crippen LogP contribution >= 0.6 is 0 Å². The van der Waals surface area contributed by atoms with Gasteiger partial charge in [0, 0.05) is 34.1 Å². The van der Waals surface area contributed by atoms with Gasteiger partial charge < -0.3 is 33.5 Å². The molecule has 0 atom stereocenters. The van der Waals surface area contributed by atoms with Gasteiger partial charge in [0.25, 0.3) is 0 Å². The highest BCUT2D eigenvalue weighted by Crippen LogP contribution is 2.41. The summed E-state index contributed by atoms with van der Waals surface area (Å²) in [5, 5.41) is 0. The third kappa shape index (κ3) is 48.5. The van der Waals surface area contributed by atoms with Crippen LogP contribution in [0.4, 0.5) is 34.1 Å². The van der Waals surface area contributed by atoms with E-state index in [4.69, 9.17) is 23.7 Å². The average Bonchev–Trinajstić information content (AvgIpc) is 0.808. The lowest BCUT2D eigenvalue weighted by molar-refractivity contribution is 0.304. The maximum absolute atomic E-state index is 6.67. The summed E-state index contributed by atoms with van der Waals surface area (Å²) >= 11 is 0. The van der Waals surface area contributed by atoms with Crippen LogP contribution in [0, 0.1) is 0 Å². The molecule has 0 heterocycles. The van der Waals surface area contributed by atoms with E-state index in [9.17, 15) is 0 Å². The van der Waals surface area contributed by atoms with Crippen LogP contribution in [0.5, 0.6) is 34.5 Å². The molecule has 7 heteroatoms. The van der Waals surface area contributed by atoms with Gasteiger partial charge in [0.1, 0.15) is 34.5 Å². The molecule has 644 valence electrons. The van der Waals surface area contributed by atoms with Crippen LogP contribution in [-0.2, 0) is 0 Å². The van der Waals surface area contributed by atoms with Gasteiger partial charge in [0.2, 0.25) is 0 Å². The second-order valence-electron chi connectivity index (χ2n) is 34.3. The standard InChI is InChI=1S/C108H172N2O5/c1-5-9-13-17-21-25-29-33-37-41-45-49-53-57-61-65-93-111-103-81-69-97(70-82-103)109(98-71-83-104(84-72-98)112-94-66-62-58-54-50-46-42-38-34-30-26-22-18-14-10-6-2)101-77-89-107(90-78-101)115-108-91-79-102(80-92-108)110(99-73-85-105(86-74-99)113-95-67-63-59-55-51-47-43-39-35-31-27-23-19-15-11-7-3)100-75-87-106(88-76-100)114-96-68-64-60-56-52-48-44-40-36-32-28-24-20-16-12-8-4/h69-92H,5-68,93-96H2,1-4H3. The smallest absolute Gasteiger partial charge is 0.127 e. The molecule has 0 spiro atoms. The van der Waals surface area contributed by atoms with Gasteiger partial charge in [0.05, 0.1) is 26.4 Å². The molecule has 115 heavy (non-hydrogen) atoms. The molecule has 0 saturated carbocycles. The van der Waals surface area contributed by atoms with E-state index in [1.807, 2.05) is 0 Å². The van der Waals surface area contributed by atoms with E-state index in [1.165, 1.54) is 385 Å². The molecule has 0 amide bonds. The molecule has 0 aliphatic rings. The first-order chi connectivity index (χ1) is 57.1. The number of rotatable bonds is 80. The Kier molecular flexibility index (Phi) is 59.4. The molecule has 6 rings (SSSR count). The molecule has 0 aliphatic carbocycles. The topological polar surface area (TPSA) is 52.6 Å². The molecule has 0 aromatic heterocycles. The molecule has 0 fully saturated rings. The Morgan fingerprint density at radius 1 is 0.139 bits per heavy atom. The monoisotopic (exact) mass is 1580 g/mol. The Morgan fingerprint density at radius 3 is 0.383 bits per heavy atom. The average molecular weight is 1580 g/mol. The summed E-state index contributed by atoms with van der Waals surface area (Å²) in [6.45, 7) is 12.2. The first-order valence-corrected chi connectivity index (χ1v) is 49.5. The summed E-state index contributed by atoms with van der Waals surface area (Å²) in [7, 11) is 0. The first kappa shape index (κ1) is 97.7. The van der Waals surface area contributed by atoms with Crippen molar-refractivity contribution in [3.05, 3.63) is 146 Å². The summed E-state index contributed by atoms with van der Waals surface area (Å²) in [6, 6.07) is 51.6. The molecule has 0 aliphatic heterocycles. The fraction of sp³-hybridized carbons (Fsp3) is 0.667. The minimum atomic E-state index is 0.747. The van der Waals surface area contributed by atoms with Crippen LogP contribution in [0.2, 0.25) is 0 Å². The molecule has 7 nitrogen and oxygen atoms in total. The number of hydrogen-bond donors (Lipinski definition) is 0. The number of benzene rings is 6. The molecular formula is C108H172N2O5. The van der Waals surface area contributed by atoms with Gasteiger partial charge in [-0.05, 0) is 171 Å². The van der Waals surface area contributed by atoms with Gasteiger partial charge >= 0.3 is 0 Å². The normalized spacial score (nSPS) is 11.4. The molecule has 6 aromatic rings. The molecule has 0 bridgehead atoms. The number of anilines is 6. The van der Waals surface area contributed by atoms with Crippen molar-refractivity contribution >= 4 is 34.1 Å². The van der Waals surface area contributed by atoms with E-state index in [-0.39, 0.29) is 0 Å². The Morgan fingerprint density at radius 2 is 0.252 bits per heavy atom. The Labute approximate surface area is 708 Å². The van der Waals surface area contributed by atoms with Crippen LogP contribution in [0.1, 0.15) is 439 Å². The number of ether oxygens (including phenoxy) is 5. The lowest BCUT2D eigenvalue weighted by atomic mass is 10.0. The minimum Gasteiger partial charge on any atom is -0.494 e. The second-order valence-corrected chi connectivity index (χ2v) is 34.3. The van der Waals surface area contributed by atoms with E-state index in [0.29, 0.717) is 0 Å². The van der Waals surface area contributed by atoms with Crippen molar-refractivity contribution < 1.29 is 23.7 Å². The lowest BCUT2D eigenvalue weighted by Crippen LogP contribution is -2.10. The Hall–Kier alpha value is -6.08. The van der Waals surface area contributed by atoms with Crippen molar-refractivity contribution in [1.29, 1.82) is 0 Å². The quantitative estimate of drug-likeness (QED) is 0.0353. The lowest BCUT2D eigenvalue weighted by Gasteiger charge is -2.26. The van der Waals surface area contributed by atoms with Crippen LogP contribution in [0.25, 0.3) is 0 Å². The van der Waals surface area contributed by atoms with Crippen LogP contribution < -0.4 is 33.5 Å². The third-order valence-corrected chi connectivity index (χ3v) is 23.9. The Bertz CT molecular complexity index is 2700. The summed E-state index contributed by atoms with van der Waals surface area (Å²) in [4.78, 5) is 4.63. The van der Waals surface area contributed by atoms with E-state index < -0.39 is 0 Å². The molecule has 0 radical (unpaired) electrons. The summed E-state index contributed by atoms with van der Waals surface area (Å²) < 4.78 is 32.1. The van der Waals surface area contributed by atoms with Crippen LogP contribution in [-0.4, -0.2) is 26.4 Å². The fourth-order valence-electron chi connectivity index (χ4n) is 16.5. The molecular weight excluding hydrogens is 1410 g/mol.